The number of carbonyl (C=O) groups excluding carboxylic acids is 2. The number of carbonyl (C=O) groups is 2. The molecule has 3 rings (SSSR count). The molecule has 2 amide bonds. The van der Waals surface area contributed by atoms with E-state index >= 15 is 0 Å². The number of methoxy groups -OCH3 is 1. The van der Waals surface area contributed by atoms with E-state index < -0.39 is 6.04 Å². The Morgan fingerprint density at radius 2 is 2.26 bits per heavy atom. The molecule has 23 heavy (non-hydrogen) atoms. The zero-order valence-corrected chi connectivity index (χ0v) is 13.3. The molecular formula is C15H15ClN4O3. The Labute approximate surface area is 137 Å². The first-order chi connectivity index (χ1) is 11.0. The van der Waals surface area contributed by atoms with Crippen LogP contribution in [0.25, 0.3) is 0 Å². The van der Waals surface area contributed by atoms with E-state index in [9.17, 15) is 9.59 Å². The van der Waals surface area contributed by atoms with Crippen molar-refractivity contribution in [2.24, 2.45) is 0 Å². The standard InChI is InChI=1S/C15H15ClN4O3/c1-8-5-13-18-14(21)7-11(20(13)19-8)15(22)17-9-3-4-12(23-2)10(16)6-9/h3-6,11H,7H2,1-2H3,(H,17,22)(H,18,21)/t11-/m1/s1. The van der Waals surface area contributed by atoms with Gasteiger partial charge in [0, 0.05) is 11.8 Å². The van der Waals surface area contributed by atoms with Crippen LogP contribution in [-0.2, 0) is 9.59 Å². The second-order valence-electron chi connectivity index (χ2n) is 5.22. The van der Waals surface area contributed by atoms with Crippen LogP contribution in [0, 0.1) is 6.92 Å². The zero-order valence-electron chi connectivity index (χ0n) is 12.6. The fourth-order valence-corrected chi connectivity index (χ4v) is 2.73. The molecule has 1 aromatic heterocycles. The van der Waals surface area contributed by atoms with Gasteiger partial charge in [-0.05, 0) is 25.1 Å². The minimum atomic E-state index is -0.701. The molecule has 1 aliphatic heterocycles. The van der Waals surface area contributed by atoms with E-state index in [1.165, 1.54) is 11.8 Å². The highest BCUT2D eigenvalue weighted by Gasteiger charge is 2.31. The maximum atomic E-state index is 12.5. The average Bonchev–Trinajstić information content (AvgIpc) is 2.86. The lowest BCUT2D eigenvalue weighted by atomic mass is 10.1. The van der Waals surface area contributed by atoms with Gasteiger partial charge >= 0.3 is 0 Å². The SMILES string of the molecule is COc1ccc(NC(=O)[C@H]2CC(=O)Nc3cc(C)nn32)cc1Cl. The Kier molecular flexibility index (Phi) is 3.96. The molecule has 2 N–H and O–H groups in total. The molecule has 0 spiro atoms. The van der Waals surface area contributed by atoms with Gasteiger partial charge in [0.2, 0.25) is 11.8 Å². The van der Waals surface area contributed by atoms with Crippen LogP contribution in [0.5, 0.6) is 5.75 Å². The van der Waals surface area contributed by atoms with Gasteiger partial charge in [0.1, 0.15) is 17.6 Å². The van der Waals surface area contributed by atoms with Crippen LogP contribution in [0.3, 0.4) is 0 Å². The molecule has 2 aromatic rings. The average molecular weight is 335 g/mol. The van der Waals surface area contributed by atoms with Gasteiger partial charge < -0.3 is 15.4 Å². The van der Waals surface area contributed by atoms with Gasteiger partial charge in [0.15, 0.2) is 0 Å². The van der Waals surface area contributed by atoms with E-state index in [-0.39, 0.29) is 18.2 Å². The highest BCUT2D eigenvalue weighted by Crippen LogP contribution is 2.29. The number of nitrogens with zero attached hydrogens (tertiary/aromatic N) is 2. The lowest BCUT2D eigenvalue weighted by Gasteiger charge is -2.23. The minimum absolute atomic E-state index is 0.0316. The maximum absolute atomic E-state index is 12.5. The van der Waals surface area contributed by atoms with E-state index in [1.54, 1.807) is 31.2 Å². The van der Waals surface area contributed by atoms with Gasteiger partial charge in [0.05, 0.1) is 24.2 Å². The highest BCUT2D eigenvalue weighted by molar-refractivity contribution is 6.32. The number of hydrogen-bond donors (Lipinski definition) is 2. The van der Waals surface area contributed by atoms with Crippen LogP contribution in [0.2, 0.25) is 5.02 Å². The lowest BCUT2D eigenvalue weighted by Crippen LogP contribution is -2.35. The Morgan fingerprint density at radius 3 is 2.96 bits per heavy atom. The summed E-state index contributed by atoms with van der Waals surface area (Å²) < 4.78 is 6.60. The quantitative estimate of drug-likeness (QED) is 0.902. The normalized spacial score (nSPS) is 16.5. The summed E-state index contributed by atoms with van der Waals surface area (Å²) in [4.78, 5) is 24.3. The first kappa shape index (κ1) is 15.4. The summed E-state index contributed by atoms with van der Waals surface area (Å²) in [6.45, 7) is 1.80. The first-order valence-electron chi connectivity index (χ1n) is 6.98. The fraction of sp³-hybridized carbons (Fsp3) is 0.267. The highest BCUT2D eigenvalue weighted by atomic mass is 35.5. The molecule has 0 aliphatic carbocycles. The molecular weight excluding hydrogens is 320 g/mol. The van der Waals surface area contributed by atoms with E-state index in [4.69, 9.17) is 16.3 Å². The van der Waals surface area contributed by atoms with Gasteiger partial charge in [-0.1, -0.05) is 11.6 Å². The summed E-state index contributed by atoms with van der Waals surface area (Å²) in [6.07, 6.45) is 0.0316. The van der Waals surface area contributed by atoms with Crippen molar-refractivity contribution in [3.8, 4) is 5.75 Å². The molecule has 0 saturated heterocycles. The largest absolute Gasteiger partial charge is 0.495 e. The van der Waals surface area contributed by atoms with Crippen LogP contribution in [0.15, 0.2) is 24.3 Å². The number of benzene rings is 1. The molecule has 0 fully saturated rings. The molecule has 2 heterocycles. The van der Waals surface area contributed by atoms with Gasteiger partial charge in [-0.3, -0.25) is 9.59 Å². The number of fused-ring (bicyclic) bond motifs is 1. The molecule has 0 bridgehead atoms. The van der Waals surface area contributed by atoms with E-state index in [1.807, 2.05) is 0 Å². The summed E-state index contributed by atoms with van der Waals surface area (Å²) in [5.74, 6) is 0.495. The van der Waals surface area contributed by atoms with Crippen molar-refractivity contribution in [3.63, 3.8) is 0 Å². The molecule has 0 radical (unpaired) electrons. The summed E-state index contributed by atoms with van der Waals surface area (Å²) >= 11 is 6.05. The second kappa shape index (κ2) is 5.92. The number of rotatable bonds is 3. The van der Waals surface area contributed by atoms with Crippen LogP contribution in [-0.4, -0.2) is 28.7 Å². The summed E-state index contributed by atoms with van der Waals surface area (Å²) in [7, 11) is 1.52. The zero-order chi connectivity index (χ0) is 16.6. The van der Waals surface area contributed by atoms with E-state index in [0.29, 0.717) is 22.3 Å². The molecule has 7 nitrogen and oxygen atoms in total. The molecule has 0 saturated carbocycles. The number of ether oxygens (including phenoxy) is 1. The summed E-state index contributed by atoms with van der Waals surface area (Å²) in [5.41, 5.74) is 1.25. The van der Waals surface area contributed by atoms with Crippen molar-refractivity contribution in [2.75, 3.05) is 17.7 Å². The van der Waals surface area contributed by atoms with Gasteiger partial charge in [-0.15, -0.1) is 0 Å². The third-order valence-corrected chi connectivity index (χ3v) is 3.82. The summed E-state index contributed by atoms with van der Waals surface area (Å²) in [6, 6.07) is 5.96. The van der Waals surface area contributed by atoms with Crippen LogP contribution in [0.4, 0.5) is 11.5 Å². The monoisotopic (exact) mass is 334 g/mol. The van der Waals surface area contributed by atoms with Gasteiger partial charge in [-0.25, -0.2) is 4.68 Å². The number of hydrogen-bond acceptors (Lipinski definition) is 4. The molecule has 120 valence electrons. The lowest BCUT2D eigenvalue weighted by molar-refractivity contribution is -0.125. The molecule has 8 heteroatoms. The van der Waals surface area contributed by atoms with E-state index in [0.717, 1.165) is 5.69 Å². The molecule has 0 unspecified atom stereocenters. The Balaban J connectivity index is 1.83. The van der Waals surface area contributed by atoms with Crippen LogP contribution >= 0.6 is 11.6 Å². The van der Waals surface area contributed by atoms with Crippen molar-refractivity contribution in [2.45, 2.75) is 19.4 Å². The number of anilines is 2. The predicted octanol–water partition coefficient (Wildman–Crippen LogP) is 2.38. The smallest absolute Gasteiger partial charge is 0.249 e. The Bertz CT molecular complexity index is 787. The molecule has 1 aliphatic rings. The molecule has 1 aromatic carbocycles. The maximum Gasteiger partial charge on any atom is 0.249 e. The minimum Gasteiger partial charge on any atom is -0.495 e. The van der Waals surface area contributed by atoms with Crippen molar-refractivity contribution >= 4 is 34.9 Å². The van der Waals surface area contributed by atoms with Crippen molar-refractivity contribution in [3.05, 3.63) is 35.0 Å². The van der Waals surface area contributed by atoms with Gasteiger partial charge in [0.25, 0.3) is 0 Å². The van der Waals surface area contributed by atoms with Crippen molar-refractivity contribution < 1.29 is 14.3 Å². The van der Waals surface area contributed by atoms with E-state index in [2.05, 4.69) is 15.7 Å². The number of aromatic nitrogens is 2. The second-order valence-corrected chi connectivity index (χ2v) is 5.63. The van der Waals surface area contributed by atoms with Crippen LogP contribution < -0.4 is 15.4 Å². The third-order valence-electron chi connectivity index (χ3n) is 3.52. The van der Waals surface area contributed by atoms with Crippen LogP contribution in [0.1, 0.15) is 18.2 Å². The number of halogens is 1. The van der Waals surface area contributed by atoms with Crippen molar-refractivity contribution in [1.82, 2.24) is 9.78 Å². The number of nitrogens with one attached hydrogen (secondary N) is 2. The topological polar surface area (TPSA) is 85.2 Å². The molecule has 1 atom stereocenters. The van der Waals surface area contributed by atoms with Crippen molar-refractivity contribution in [1.29, 1.82) is 0 Å². The Morgan fingerprint density at radius 1 is 1.48 bits per heavy atom. The Hall–Kier alpha value is -2.54. The third kappa shape index (κ3) is 3.00. The summed E-state index contributed by atoms with van der Waals surface area (Å²) in [5, 5.41) is 10.1. The van der Waals surface area contributed by atoms with Gasteiger partial charge in [-0.2, -0.15) is 5.10 Å². The number of aryl methyl sites for hydroxylation is 1. The fourth-order valence-electron chi connectivity index (χ4n) is 2.48. The number of amides is 2. The predicted molar refractivity (Wildman–Crippen MR) is 85.9 cm³/mol. The first-order valence-corrected chi connectivity index (χ1v) is 7.36.